The first kappa shape index (κ1) is 14.3. The number of aromatic nitrogens is 2. The molecule has 2 aromatic rings. The number of nitrogens with zero attached hydrogens (tertiary/aromatic N) is 2. The molecule has 0 aliphatic heterocycles. The van der Waals surface area contributed by atoms with Gasteiger partial charge in [-0.25, -0.2) is 9.97 Å². The molecule has 1 heterocycles. The molecule has 1 aromatic carbocycles. The third kappa shape index (κ3) is 4.23. The van der Waals surface area contributed by atoms with Crippen molar-refractivity contribution < 1.29 is 4.74 Å². The molecule has 1 unspecified atom stereocenters. The minimum atomic E-state index is 0.231. The first-order chi connectivity index (χ1) is 9.67. The molecule has 20 heavy (non-hydrogen) atoms. The van der Waals surface area contributed by atoms with E-state index in [1.165, 1.54) is 0 Å². The Bertz CT molecular complexity index is 557. The van der Waals surface area contributed by atoms with Gasteiger partial charge in [-0.2, -0.15) is 0 Å². The maximum absolute atomic E-state index is 5.81. The summed E-state index contributed by atoms with van der Waals surface area (Å²) >= 11 is 0. The predicted molar refractivity (Wildman–Crippen MR) is 80.9 cm³/mol. The molecule has 1 aromatic heterocycles. The Morgan fingerprint density at radius 2 is 2.15 bits per heavy atom. The number of hydrogen-bond acceptors (Lipinski definition) is 4. The van der Waals surface area contributed by atoms with Crippen LogP contribution in [0.5, 0.6) is 5.75 Å². The first-order valence-electron chi connectivity index (χ1n) is 6.96. The molecule has 0 bridgehead atoms. The van der Waals surface area contributed by atoms with Crippen molar-refractivity contribution in [1.82, 2.24) is 9.97 Å². The SMILES string of the molecule is CCC(C)Oc1cccc(NCc2ccnc(C)n2)c1. The van der Waals surface area contributed by atoms with E-state index in [2.05, 4.69) is 29.1 Å². The highest BCUT2D eigenvalue weighted by Gasteiger charge is 2.02. The van der Waals surface area contributed by atoms with Gasteiger partial charge >= 0.3 is 0 Å². The van der Waals surface area contributed by atoms with Crippen LogP contribution in [-0.4, -0.2) is 16.1 Å². The van der Waals surface area contributed by atoms with Crippen LogP contribution in [0.15, 0.2) is 36.5 Å². The third-order valence-electron chi connectivity index (χ3n) is 3.05. The van der Waals surface area contributed by atoms with Crippen LogP contribution in [0, 0.1) is 6.92 Å². The lowest BCUT2D eigenvalue weighted by Gasteiger charge is -2.14. The molecule has 0 saturated heterocycles. The van der Waals surface area contributed by atoms with Gasteiger partial charge in [0.05, 0.1) is 18.3 Å². The molecule has 0 aliphatic carbocycles. The fraction of sp³-hybridized carbons (Fsp3) is 0.375. The lowest BCUT2D eigenvalue weighted by atomic mass is 10.2. The molecular formula is C16H21N3O. The summed E-state index contributed by atoms with van der Waals surface area (Å²) in [5.74, 6) is 1.68. The fourth-order valence-corrected chi connectivity index (χ4v) is 1.79. The molecule has 2 rings (SSSR count). The van der Waals surface area contributed by atoms with Gasteiger partial charge < -0.3 is 10.1 Å². The van der Waals surface area contributed by atoms with Crippen LogP contribution in [0.4, 0.5) is 5.69 Å². The lowest BCUT2D eigenvalue weighted by Crippen LogP contribution is -2.10. The standard InChI is InChI=1S/C16H21N3O/c1-4-12(2)20-16-7-5-6-14(10-16)18-11-15-8-9-17-13(3)19-15/h5-10,12,18H,4,11H2,1-3H3. The predicted octanol–water partition coefficient (Wildman–Crippen LogP) is 3.57. The number of nitrogens with one attached hydrogen (secondary N) is 1. The van der Waals surface area contributed by atoms with Gasteiger partial charge in [0.15, 0.2) is 0 Å². The maximum Gasteiger partial charge on any atom is 0.125 e. The van der Waals surface area contributed by atoms with Gasteiger partial charge in [-0.05, 0) is 38.5 Å². The Morgan fingerprint density at radius 3 is 2.90 bits per heavy atom. The van der Waals surface area contributed by atoms with Crippen molar-refractivity contribution in [3.05, 3.63) is 48.0 Å². The average Bonchev–Trinajstić information content (AvgIpc) is 2.45. The lowest BCUT2D eigenvalue weighted by molar-refractivity contribution is 0.217. The Hall–Kier alpha value is -2.10. The number of ether oxygens (including phenoxy) is 1. The number of benzene rings is 1. The van der Waals surface area contributed by atoms with Gasteiger partial charge in [0.25, 0.3) is 0 Å². The summed E-state index contributed by atoms with van der Waals surface area (Å²) < 4.78 is 5.81. The average molecular weight is 271 g/mol. The molecule has 1 N–H and O–H groups in total. The zero-order chi connectivity index (χ0) is 14.4. The van der Waals surface area contributed by atoms with Gasteiger partial charge in [0.1, 0.15) is 11.6 Å². The highest BCUT2D eigenvalue weighted by atomic mass is 16.5. The molecule has 0 aliphatic rings. The van der Waals surface area contributed by atoms with E-state index in [0.29, 0.717) is 6.54 Å². The number of anilines is 1. The zero-order valence-corrected chi connectivity index (χ0v) is 12.3. The quantitative estimate of drug-likeness (QED) is 0.872. The second-order valence-electron chi connectivity index (χ2n) is 4.81. The summed E-state index contributed by atoms with van der Waals surface area (Å²) in [6, 6.07) is 9.93. The van der Waals surface area contributed by atoms with Crippen LogP contribution in [-0.2, 0) is 6.54 Å². The minimum Gasteiger partial charge on any atom is -0.491 e. The Morgan fingerprint density at radius 1 is 1.30 bits per heavy atom. The van der Waals surface area contributed by atoms with Gasteiger partial charge in [-0.3, -0.25) is 0 Å². The molecule has 4 nitrogen and oxygen atoms in total. The third-order valence-corrected chi connectivity index (χ3v) is 3.05. The van der Waals surface area contributed by atoms with E-state index in [1.54, 1.807) is 6.20 Å². The molecule has 1 atom stereocenters. The maximum atomic E-state index is 5.81. The van der Waals surface area contributed by atoms with Crippen molar-refractivity contribution in [3.63, 3.8) is 0 Å². The Balaban J connectivity index is 1.97. The van der Waals surface area contributed by atoms with Gasteiger partial charge in [0, 0.05) is 18.0 Å². The summed E-state index contributed by atoms with van der Waals surface area (Å²) in [4.78, 5) is 8.46. The zero-order valence-electron chi connectivity index (χ0n) is 12.3. The molecule has 106 valence electrons. The summed E-state index contributed by atoms with van der Waals surface area (Å²) in [7, 11) is 0. The largest absolute Gasteiger partial charge is 0.491 e. The summed E-state index contributed by atoms with van der Waals surface area (Å²) in [6.07, 6.45) is 3.01. The van der Waals surface area contributed by atoms with E-state index in [4.69, 9.17) is 4.74 Å². The van der Waals surface area contributed by atoms with E-state index >= 15 is 0 Å². The van der Waals surface area contributed by atoms with Gasteiger partial charge in [-0.15, -0.1) is 0 Å². The second kappa shape index (κ2) is 6.89. The molecule has 0 radical (unpaired) electrons. The summed E-state index contributed by atoms with van der Waals surface area (Å²) in [5, 5.41) is 3.35. The fourth-order valence-electron chi connectivity index (χ4n) is 1.79. The van der Waals surface area contributed by atoms with E-state index in [0.717, 1.165) is 29.4 Å². The monoisotopic (exact) mass is 271 g/mol. The second-order valence-corrected chi connectivity index (χ2v) is 4.81. The highest BCUT2D eigenvalue weighted by Crippen LogP contribution is 2.19. The van der Waals surface area contributed by atoms with Crippen LogP contribution in [0.25, 0.3) is 0 Å². The van der Waals surface area contributed by atoms with Crippen LogP contribution in [0.3, 0.4) is 0 Å². The normalized spacial score (nSPS) is 11.9. The van der Waals surface area contributed by atoms with Crippen molar-refractivity contribution in [2.45, 2.75) is 39.8 Å². The van der Waals surface area contributed by atoms with E-state index in [9.17, 15) is 0 Å². The Labute approximate surface area is 120 Å². The van der Waals surface area contributed by atoms with E-state index in [-0.39, 0.29) is 6.10 Å². The van der Waals surface area contributed by atoms with Crippen LogP contribution in [0.2, 0.25) is 0 Å². The van der Waals surface area contributed by atoms with Crippen molar-refractivity contribution in [2.75, 3.05) is 5.32 Å². The molecule has 0 saturated carbocycles. The van der Waals surface area contributed by atoms with Crippen LogP contribution < -0.4 is 10.1 Å². The number of rotatable bonds is 6. The van der Waals surface area contributed by atoms with Crippen molar-refractivity contribution in [2.24, 2.45) is 0 Å². The van der Waals surface area contributed by atoms with Gasteiger partial charge in [-0.1, -0.05) is 13.0 Å². The summed E-state index contributed by atoms with van der Waals surface area (Å²) in [6.45, 7) is 6.76. The summed E-state index contributed by atoms with van der Waals surface area (Å²) in [5.41, 5.74) is 2.01. The molecule has 0 spiro atoms. The Kier molecular flexibility index (Phi) is 4.93. The van der Waals surface area contributed by atoms with Crippen molar-refractivity contribution in [3.8, 4) is 5.75 Å². The van der Waals surface area contributed by atoms with Crippen LogP contribution >= 0.6 is 0 Å². The molecule has 0 fully saturated rings. The topological polar surface area (TPSA) is 47.0 Å². The van der Waals surface area contributed by atoms with E-state index in [1.807, 2.05) is 37.3 Å². The number of aryl methyl sites for hydroxylation is 1. The van der Waals surface area contributed by atoms with Crippen molar-refractivity contribution >= 4 is 5.69 Å². The van der Waals surface area contributed by atoms with E-state index < -0.39 is 0 Å². The highest BCUT2D eigenvalue weighted by molar-refractivity contribution is 5.48. The first-order valence-corrected chi connectivity index (χ1v) is 6.96. The molecular weight excluding hydrogens is 250 g/mol. The van der Waals surface area contributed by atoms with Crippen LogP contribution in [0.1, 0.15) is 31.8 Å². The molecule has 4 heteroatoms. The van der Waals surface area contributed by atoms with Gasteiger partial charge in [0.2, 0.25) is 0 Å². The van der Waals surface area contributed by atoms with Crippen molar-refractivity contribution in [1.29, 1.82) is 0 Å². The smallest absolute Gasteiger partial charge is 0.125 e. The number of hydrogen-bond donors (Lipinski definition) is 1. The molecule has 0 amide bonds. The minimum absolute atomic E-state index is 0.231.